The average molecular weight is 529 g/mol. The normalized spacial score (nSPS) is 12.4. The van der Waals surface area contributed by atoms with Gasteiger partial charge < -0.3 is 20.1 Å². The molecular formula is C22H36IN5O2. The number of benzene rings is 1. The molecule has 0 saturated heterocycles. The highest BCUT2D eigenvalue weighted by Gasteiger charge is 2.12. The second-order valence-corrected chi connectivity index (χ2v) is 7.28. The van der Waals surface area contributed by atoms with Crippen LogP contribution in [0.1, 0.15) is 29.4 Å². The van der Waals surface area contributed by atoms with Gasteiger partial charge in [-0.3, -0.25) is 9.67 Å². The van der Waals surface area contributed by atoms with Crippen LogP contribution in [0.3, 0.4) is 0 Å². The van der Waals surface area contributed by atoms with E-state index in [1.54, 1.807) is 14.2 Å². The second-order valence-electron chi connectivity index (χ2n) is 7.28. The zero-order valence-electron chi connectivity index (χ0n) is 18.8. The molecule has 0 aliphatic rings. The van der Waals surface area contributed by atoms with Crippen molar-refractivity contribution >= 4 is 29.9 Å². The van der Waals surface area contributed by atoms with Gasteiger partial charge in [0.2, 0.25) is 0 Å². The Kier molecular flexibility index (Phi) is 12.6. The summed E-state index contributed by atoms with van der Waals surface area (Å²) in [6, 6.07) is 10.2. The van der Waals surface area contributed by atoms with E-state index in [-0.39, 0.29) is 24.0 Å². The lowest BCUT2D eigenvalue weighted by molar-refractivity contribution is 0.0931. The molecule has 0 fully saturated rings. The molecule has 1 atom stereocenters. The molecule has 30 heavy (non-hydrogen) atoms. The van der Waals surface area contributed by atoms with Crippen molar-refractivity contribution < 1.29 is 9.47 Å². The van der Waals surface area contributed by atoms with Gasteiger partial charge in [-0.25, -0.2) is 0 Å². The van der Waals surface area contributed by atoms with E-state index in [2.05, 4.69) is 46.7 Å². The number of guanidine groups is 1. The van der Waals surface area contributed by atoms with Crippen LogP contribution >= 0.6 is 24.0 Å². The molecule has 2 aromatic rings. The minimum absolute atomic E-state index is 0. The van der Waals surface area contributed by atoms with Crippen LogP contribution in [0.2, 0.25) is 0 Å². The summed E-state index contributed by atoms with van der Waals surface area (Å²) in [6.45, 7) is 10.5. The highest BCUT2D eigenvalue weighted by Crippen LogP contribution is 2.12. The van der Waals surface area contributed by atoms with E-state index in [0.29, 0.717) is 32.3 Å². The third kappa shape index (κ3) is 8.61. The lowest BCUT2D eigenvalue weighted by Gasteiger charge is -2.16. The summed E-state index contributed by atoms with van der Waals surface area (Å²) < 4.78 is 13.0. The fourth-order valence-electron chi connectivity index (χ4n) is 3.06. The molecule has 7 nitrogen and oxygen atoms in total. The van der Waals surface area contributed by atoms with Crippen molar-refractivity contribution in [3.63, 3.8) is 0 Å². The molecule has 1 unspecified atom stereocenters. The van der Waals surface area contributed by atoms with Gasteiger partial charge in [-0.1, -0.05) is 37.3 Å². The van der Waals surface area contributed by atoms with Crippen LogP contribution in [0, 0.1) is 19.8 Å². The van der Waals surface area contributed by atoms with E-state index in [4.69, 9.17) is 9.47 Å². The number of hydrogen-bond acceptors (Lipinski definition) is 4. The van der Waals surface area contributed by atoms with Crippen LogP contribution in [0.5, 0.6) is 0 Å². The average Bonchev–Trinajstić information content (AvgIpc) is 3.00. The van der Waals surface area contributed by atoms with Gasteiger partial charge in [-0.15, -0.1) is 24.0 Å². The molecule has 168 valence electrons. The zero-order chi connectivity index (χ0) is 21.1. The minimum atomic E-state index is 0. The van der Waals surface area contributed by atoms with Crippen LogP contribution < -0.4 is 10.6 Å². The Bertz CT molecular complexity index is 764. The van der Waals surface area contributed by atoms with Gasteiger partial charge in [0.1, 0.15) is 0 Å². The third-order valence-electron chi connectivity index (χ3n) is 4.83. The highest BCUT2D eigenvalue weighted by molar-refractivity contribution is 14.0. The molecule has 0 radical (unpaired) electrons. The van der Waals surface area contributed by atoms with Crippen LogP contribution in [0.25, 0.3) is 0 Å². The third-order valence-corrected chi connectivity index (χ3v) is 4.83. The molecular weight excluding hydrogens is 493 g/mol. The van der Waals surface area contributed by atoms with Gasteiger partial charge in [-0.2, -0.15) is 5.10 Å². The number of aromatic nitrogens is 2. The highest BCUT2D eigenvalue weighted by atomic mass is 127. The molecule has 0 bridgehead atoms. The number of aliphatic imine (C=N–C) groups is 1. The smallest absolute Gasteiger partial charge is 0.191 e. The van der Waals surface area contributed by atoms with Crippen molar-refractivity contribution in [1.82, 2.24) is 20.4 Å². The largest absolute Gasteiger partial charge is 0.383 e. The number of aryl methyl sites for hydroxylation is 1. The SMILES string of the molecule is CN=C(NCc1c(C)nn(CCOC)c1C)NCC(C)COCc1ccccc1.I. The van der Waals surface area contributed by atoms with E-state index in [1.807, 2.05) is 29.8 Å². The van der Waals surface area contributed by atoms with Crippen molar-refractivity contribution in [1.29, 1.82) is 0 Å². The first kappa shape index (κ1) is 26.4. The second kappa shape index (κ2) is 14.4. The molecule has 0 amide bonds. The lowest BCUT2D eigenvalue weighted by Crippen LogP contribution is -2.39. The molecule has 0 saturated carbocycles. The standard InChI is InChI=1S/C22H35N5O2.HI/c1-17(15-29-16-20-9-7-6-8-10-20)13-24-22(23-4)25-14-21-18(2)26-27(19(21)3)11-12-28-5;/h6-10,17H,11-16H2,1-5H3,(H2,23,24,25);1H. The number of halogens is 1. The van der Waals surface area contributed by atoms with Gasteiger partial charge in [-0.05, 0) is 25.3 Å². The van der Waals surface area contributed by atoms with Crippen molar-refractivity contribution in [3.05, 3.63) is 52.8 Å². The van der Waals surface area contributed by atoms with Crippen molar-refractivity contribution in [2.24, 2.45) is 10.9 Å². The monoisotopic (exact) mass is 529 g/mol. The first-order valence-corrected chi connectivity index (χ1v) is 10.1. The predicted octanol–water partition coefficient (Wildman–Crippen LogP) is 3.28. The van der Waals surface area contributed by atoms with Crippen LogP contribution in [0.15, 0.2) is 35.3 Å². The van der Waals surface area contributed by atoms with Gasteiger partial charge in [0, 0.05) is 38.5 Å². The molecule has 0 aliphatic carbocycles. The van der Waals surface area contributed by atoms with E-state index >= 15 is 0 Å². The van der Waals surface area contributed by atoms with Crippen LogP contribution in [-0.4, -0.2) is 49.7 Å². The van der Waals surface area contributed by atoms with Gasteiger partial charge in [0.05, 0.1) is 32.1 Å². The maximum absolute atomic E-state index is 5.82. The Hall–Kier alpha value is -1.65. The Morgan fingerprint density at radius 2 is 1.93 bits per heavy atom. The Morgan fingerprint density at radius 3 is 2.60 bits per heavy atom. The van der Waals surface area contributed by atoms with Crippen molar-refractivity contribution in [3.8, 4) is 0 Å². The van der Waals surface area contributed by atoms with E-state index in [0.717, 1.165) is 30.4 Å². The summed E-state index contributed by atoms with van der Waals surface area (Å²) >= 11 is 0. The number of hydrogen-bond donors (Lipinski definition) is 2. The molecule has 0 spiro atoms. The van der Waals surface area contributed by atoms with E-state index in [1.165, 1.54) is 11.1 Å². The molecule has 2 rings (SSSR count). The van der Waals surface area contributed by atoms with E-state index in [9.17, 15) is 0 Å². The molecule has 1 heterocycles. The number of methoxy groups -OCH3 is 1. The van der Waals surface area contributed by atoms with Crippen LogP contribution in [-0.2, 0) is 29.2 Å². The van der Waals surface area contributed by atoms with Crippen molar-refractivity contribution in [2.75, 3.05) is 33.9 Å². The van der Waals surface area contributed by atoms with E-state index < -0.39 is 0 Å². The lowest BCUT2D eigenvalue weighted by atomic mass is 10.2. The topological polar surface area (TPSA) is 72.7 Å². The Balaban J connectivity index is 0.00000450. The minimum Gasteiger partial charge on any atom is -0.383 e. The van der Waals surface area contributed by atoms with Gasteiger partial charge in [0.15, 0.2) is 5.96 Å². The number of nitrogens with one attached hydrogen (secondary N) is 2. The summed E-state index contributed by atoms with van der Waals surface area (Å²) in [5.74, 6) is 1.15. The predicted molar refractivity (Wildman–Crippen MR) is 132 cm³/mol. The number of nitrogens with zero attached hydrogens (tertiary/aromatic N) is 3. The maximum atomic E-state index is 5.82. The first-order valence-electron chi connectivity index (χ1n) is 10.1. The summed E-state index contributed by atoms with van der Waals surface area (Å²) in [5, 5.41) is 11.4. The molecule has 8 heteroatoms. The summed E-state index contributed by atoms with van der Waals surface area (Å²) in [4.78, 5) is 4.33. The molecule has 1 aromatic heterocycles. The summed E-state index contributed by atoms with van der Waals surface area (Å²) in [5.41, 5.74) is 4.58. The maximum Gasteiger partial charge on any atom is 0.191 e. The van der Waals surface area contributed by atoms with Gasteiger partial charge >= 0.3 is 0 Å². The van der Waals surface area contributed by atoms with Crippen LogP contribution in [0.4, 0.5) is 0 Å². The molecule has 1 aromatic carbocycles. The first-order chi connectivity index (χ1) is 14.0. The summed E-state index contributed by atoms with van der Waals surface area (Å²) in [7, 11) is 3.49. The Morgan fingerprint density at radius 1 is 1.20 bits per heavy atom. The zero-order valence-corrected chi connectivity index (χ0v) is 21.1. The fourth-order valence-corrected chi connectivity index (χ4v) is 3.06. The number of rotatable bonds is 11. The molecule has 2 N–H and O–H groups in total. The fraction of sp³-hybridized carbons (Fsp3) is 0.545. The molecule has 0 aliphatic heterocycles. The van der Waals surface area contributed by atoms with Gasteiger partial charge in [0.25, 0.3) is 0 Å². The Labute approximate surface area is 197 Å². The summed E-state index contributed by atoms with van der Waals surface area (Å²) in [6.07, 6.45) is 0. The number of ether oxygens (including phenoxy) is 2. The quantitative estimate of drug-likeness (QED) is 0.266. The van der Waals surface area contributed by atoms with Crippen molar-refractivity contribution in [2.45, 2.75) is 40.5 Å².